The molecule has 0 radical (unpaired) electrons. The SMILES string of the molecule is Nc1cc(Br)cc(C(=O)c2cscn2)c1. The van der Waals surface area contributed by atoms with E-state index >= 15 is 0 Å². The number of halogens is 1. The first-order valence-corrected chi connectivity index (χ1v) is 5.89. The minimum absolute atomic E-state index is 0.107. The number of ketones is 1. The summed E-state index contributed by atoms with van der Waals surface area (Å²) in [5, 5.41) is 1.72. The Kier molecular flexibility index (Phi) is 2.83. The third-order valence-electron chi connectivity index (χ3n) is 1.85. The molecule has 2 aromatic rings. The van der Waals surface area contributed by atoms with Crippen molar-refractivity contribution in [3.05, 3.63) is 44.8 Å². The molecule has 0 spiro atoms. The lowest BCUT2D eigenvalue weighted by Crippen LogP contribution is -2.02. The molecular weight excluding hydrogens is 276 g/mol. The van der Waals surface area contributed by atoms with Gasteiger partial charge in [0.15, 0.2) is 0 Å². The third-order valence-corrected chi connectivity index (χ3v) is 2.89. The summed E-state index contributed by atoms with van der Waals surface area (Å²) in [5.41, 5.74) is 8.85. The summed E-state index contributed by atoms with van der Waals surface area (Å²) in [6.45, 7) is 0. The molecule has 2 N–H and O–H groups in total. The third kappa shape index (κ3) is 2.24. The topological polar surface area (TPSA) is 56.0 Å². The normalized spacial score (nSPS) is 10.2. The van der Waals surface area contributed by atoms with Crippen LogP contribution in [0.1, 0.15) is 16.1 Å². The highest BCUT2D eigenvalue weighted by atomic mass is 79.9. The number of carbonyl (C=O) groups is 1. The fourth-order valence-corrected chi connectivity index (χ4v) is 2.26. The van der Waals surface area contributed by atoms with Crippen LogP contribution >= 0.6 is 27.3 Å². The summed E-state index contributed by atoms with van der Waals surface area (Å²) >= 11 is 4.69. The molecule has 2 rings (SSSR count). The Labute approximate surface area is 99.1 Å². The van der Waals surface area contributed by atoms with Crippen LogP contribution in [0.3, 0.4) is 0 Å². The van der Waals surface area contributed by atoms with E-state index in [1.807, 2.05) is 0 Å². The minimum Gasteiger partial charge on any atom is -0.399 e. The van der Waals surface area contributed by atoms with E-state index in [1.165, 1.54) is 11.3 Å². The molecule has 5 heteroatoms. The molecule has 0 fully saturated rings. The number of benzene rings is 1. The van der Waals surface area contributed by atoms with Crippen molar-refractivity contribution in [1.29, 1.82) is 0 Å². The molecule has 0 aliphatic rings. The van der Waals surface area contributed by atoms with E-state index in [4.69, 9.17) is 5.73 Å². The highest BCUT2D eigenvalue weighted by Crippen LogP contribution is 2.19. The van der Waals surface area contributed by atoms with E-state index in [9.17, 15) is 4.79 Å². The van der Waals surface area contributed by atoms with Crippen molar-refractivity contribution in [3.8, 4) is 0 Å². The number of nitrogens with zero attached hydrogens (tertiary/aromatic N) is 1. The second kappa shape index (κ2) is 4.12. The van der Waals surface area contributed by atoms with Gasteiger partial charge >= 0.3 is 0 Å². The van der Waals surface area contributed by atoms with E-state index in [1.54, 1.807) is 29.1 Å². The number of anilines is 1. The maximum absolute atomic E-state index is 11.9. The van der Waals surface area contributed by atoms with E-state index in [2.05, 4.69) is 20.9 Å². The summed E-state index contributed by atoms with van der Waals surface area (Å²) in [6, 6.07) is 5.13. The van der Waals surface area contributed by atoms with Crippen molar-refractivity contribution >= 4 is 38.7 Å². The van der Waals surface area contributed by atoms with Gasteiger partial charge in [0.25, 0.3) is 0 Å². The standard InChI is InChI=1S/C10H7BrN2OS/c11-7-1-6(2-8(12)3-7)10(14)9-4-15-5-13-9/h1-5H,12H2. The van der Waals surface area contributed by atoms with Gasteiger partial charge in [-0.25, -0.2) is 4.98 Å². The molecule has 15 heavy (non-hydrogen) atoms. The fraction of sp³-hybridized carbons (Fsp3) is 0. The number of nitrogens with two attached hydrogens (primary N) is 1. The Bertz CT molecular complexity index is 476. The van der Waals surface area contributed by atoms with Gasteiger partial charge in [-0.2, -0.15) is 0 Å². The van der Waals surface area contributed by atoms with Crippen molar-refractivity contribution in [2.24, 2.45) is 0 Å². The van der Waals surface area contributed by atoms with Crippen molar-refractivity contribution in [3.63, 3.8) is 0 Å². The molecule has 1 aromatic carbocycles. The van der Waals surface area contributed by atoms with E-state index in [0.29, 0.717) is 16.9 Å². The monoisotopic (exact) mass is 282 g/mol. The summed E-state index contributed by atoms with van der Waals surface area (Å²) in [4.78, 5) is 15.8. The van der Waals surface area contributed by atoms with E-state index in [-0.39, 0.29) is 5.78 Å². The quantitative estimate of drug-likeness (QED) is 0.681. The lowest BCUT2D eigenvalue weighted by Gasteiger charge is -2.00. The summed E-state index contributed by atoms with van der Waals surface area (Å²) in [7, 11) is 0. The highest BCUT2D eigenvalue weighted by molar-refractivity contribution is 9.10. The summed E-state index contributed by atoms with van der Waals surface area (Å²) in [5.74, 6) is -0.107. The maximum Gasteiger partial charge on any atom is 0.212 e. The van der Waals surface area contributed by atoms with Crippen LogP contribution in [0.15, 0.2) is 33.6 Å². The van der Waals surface area contributed by atoms with Gasteiger partial charge in [-0.3, -0.25) is 4.79 Å². The van der Waals surface area contributed by atoms with Crippen molar-refractivity contribution in [2.75, 3.05) is 5.73 Å². The zero-order chi connectivity index (χ0) is 10.8. The molecule has 0 saturated carbocycles. The molecule has 1 aromatic heterocycles. The van der Waals surface area contributed by atoms with Crippen LogP contribution in [0.5, 0.6) is 0 Å². The number of hydrogen-bond donors (Lipinski definition) is 1. The van der Waals surface area contributed by atoms with E-state index in [0.717, 1.165) is 4.47 Å². The lowest BCUT2D eigenvalue weighted by atomic mass is 10.1. The number of aromatic nitrogens is 1. The van der Waals surface area contributed by atoms with E-state index < -0.39 is 0 Å². The zero-order valence-corrected chi connectivity index (χ0v) is 10.0. The number of hydrogen-bond acceptors (Lipinski definition) is 4. The van der Waals surface area contributed by atoms with Gasteiger partial charge in [0.1, 0.15) is 5.69 Å². The first-order valence-electron chi connectivity index (χ1n) is 4.16. The number of carbonyl (C=O) groups excluding carboxylic acids is 1. The molecule has 1 heterocycles. The van der Waals surface area contributed by atoms with Crippen LogP contribution in [-0.2, 0) is 0 Å². The maximum atomic E-state index is 11.9. The van der Waals surface area contributed by atoms with Gasteiger partial charge in [-0.05, 0) is 18.2 Å². The lowest BCUT2D eigenvalue weighted by molar-refractivity contribution is 0.103. The Balaban J connectivity index is 2.42. The van der Waals surface area contributed by atoms with Crippen LogP contribution < -0.4 is 5.73 Å². The van der Waals surface area contributed by atoms with Crippen molar-refractivity contribution < 1.29 is 4.79 Å². The van der Waals surface area contributed by atoms with Gasteiger partial charge in [0.2, 0.25) is 5.78 Å². The minimum atomic E-state index is -0.107. The second-order valence-electron chi connectivity index (χ2n) is 2.98. The van der Waals surface area contributed by atoms with Crippen molar-refractivity contribution in [1.82, 2.24) is 4.98 Å². The van der Waals surface area contributed by atoms with Gasteiger partial charge in [0.05, 0.1) is 5.51 Å². The predicted molar refractivity (Wildman–Crippen MR) is 64.1 cm³/mol. The van der Waals surface area contributed by atoms with Gasteiger partial charge in [-0.1, -0.05) is 15.9 Å². The van der Waals surface area contributed by atoms with Crippen LogP contribution in [0.2, 0.25) is 0 Å². The average Bonchev–Trinajstić information content (AvgIpc) is 2.67. The predicted octanol–water partition coefficient (Wildman–Crippen LogP) is 2.72. The van der Waals surface area contributed by atoms with Gasteiger partial charge in [0, 0.05) is 21.1 Å². The Morgan fingerprint density at radius 1 is 1.40 bits per heavy atom. The van der Waals surface area contributed by atoms with Crippen LogP contribution in [0.25, 0.3) is 0 Å². The number of nitrogen functional groups attached to an aromatic ring is 1. The molecule has 0 saturated heterocycles. The molecule has 0 aliphatic carbocycles. The molecule has 0 bridgehead atoms. The molecule has 3 nitrogen and oxygen atoms in total. The highest BCUT2D eigenvalue weighted by Gasteiger charge is 2.11. The van der Waals surface area contributed by atoms with Crippen LogP contribution in [0.4, 0.5) is 5.69 Å². The number of thiazole rings is 1. The molecule has 0 aliphatic heterocycles. The van der Waals surface area contributed by atoms with Crippen molar-refractivity contribution in [2.45, 2.75) is 0 Å². The summed E-state index contributed by atoms with van der Waals surface area (Å²) in [6.07, 6.45) is 0. The average molecular weight is 283 g/mol. The van der Waals surface area contributed by atoms with Crippen LogP contribution in [0, 0.1) is 0 Å². The molecule has 0 atom stereocenters. The number of rotatable bonds is 2. The Morgan fingerprint density at radius 2 is 2.20 bits per heavy atom. The second-order valence-corrected chi connectivity index (χ2v) is 4.61. The molecule has 0 unspecified atom stereocenters. The Morgan fingerprint density at radius 3 is 2.80 bits per heavy atom. The van der Waals surface area contributed by atoms with Gasteiger partial charge in [-0.15, -0.1) is 11.3 Å². The fourth-order valence-electron chi connectivity index (χ4n) is 1.22. The Hall–Kier alpha value is -1.20. The zero-order valence-electron chi connectivity index (χ0n) is 7.61. The first-order chi connectivity index (χ1) is 7.16. The first kappa shape index (κ1) is 10.3. The molecule has 0 amide bonds. The van der Waals surface area contributed by atoms with Gasteiger partial charge < -0.3 is 5.73 Å². The van der Waals surface area contributed by atoms with Crippen LogP contribution in [-0.4, -0.2) is 10.8 Å². The largest absolute Gasteiger partial charge is 0.399 e. The summed E-state index contributed by atoms with van der Waals surface area (Å²) < 4.78 is 0.793. The smallest absolute Gasteiger partial charge is 0.212 e. The molecular formula is C10H7BrN2OS. The molecule has 76 valence electrons.